The van der Waals surface area contributed by atoms with Crippen LogP contribution in [-0.2, 0) is 47.1 Å². The van der Waals surface area contributed by atoms with Crippen molar-refractivity contribution in [1.29, 1.82) is 0 Å². The zero-order valence-corrected chi connectivity index (χ0v) is 27.8. The predicted octanol–water partition coefficient (Wildman–Crippen LogP) is 7.70. The van der Waals surface area contributed by atoms with Crippen LogP contribution >= 0.6 is 0 Å². The van der Waals surface area contributed by atoms with Gasteiger partial charge >= 0.3 is 5.97 Å². The highest BCUT2D eigenvalue weighted by Crippen LogP contribution is 2.41. The van der Waals surface area contributed by atoms with Crippen molar-refractivity contribution in [3.63, 3.8) is 0 Å². The number of fused-ring (bicyclic) bond motifs is 3. The summed E-state index contributed by atoms with van der Waals surface area (Å²) in [5.74, 6) is -0.767. The van der Waals surface area contributed by atoms with E-state index in [1.165, 1.54) is 6.07 Å². The second-order valence-electron chi connectivity index (χ2n) is 13.0. The Kier molecular flexibility index (Phi) is 8.71. The van der Waals surface area contributed by atoms with E-state index in [-0.39, 0.29) is 24.1 Å². The number of hydrogen-bond acceptors (Lipinski definition) is 5. The Hall–Kier alpha value is -3.27. The monoisotopic (exact) mass is 605 g/mol. The number of benzene rings is 2. The minimum absolute atomic E-state index is 0.104. The van der Waals surface area contributed by atoms with E-state index < -0.39 is 14.3 Å². The van der Waals surface area contributed by atoms with Gasteiger partial charge in [0.05, 0.1) is 36.7 Å². The van der Waals surface area contributed by atoms with Gasteiger partial charge in [-0.05, 0) is 73.6 Å². The van der Waals surface area contributed by atoms with Crippen molar-refractivity contribution >= 4 is 25.2 Å². The first-order valence-corrected chi connectivity index (χ1v) is 18.1. The molecule has 1 aliphatic rings. The fourth-order valence-corrected chi connectivity index (χ4v) is 6.93. The summed E-state index contributed by atoms with van der Waals surface area (Å²) >= 11 is 0. The van der Waals surface area contributed by atoms with Gasteiger partial charge in [-0.15, -0.1) is 0 Å². The molecule has 3 heterocycles. The maximum Gasteiger partial charge on any atom is 0.355 e. The van der Waals surface area contributed by atoms with Crippen LogP contribution in [0.15, 0.2) is 36.4 Å². The van der Waals surface area contributed by atoms with Crippen molar-refractivity contribution in [2.45, 2.75) is 85.4 Å². The van der Waals surface area contributed by atoms with Crippen LogP contribution in [0.1, 0.15) is 72.7 Å². The summed E-state index contributed by atoms with van der Waals surface area (Å²) in [5, 5.41) is 5.61. The van der Waals surface area contributed by atoms with Crippen LogP contribution in [0.4, 0.5) is 4.39 Å². The van der Waals surface area contributed by atoms with Gasteiger partial charge in [0.15, 0.2) is 8.32 Å². The Morgan fingerprint density at radius 1 is 1.09 bits per heavy atom. The lowest BCUT2D eigenvalue weighted by Crippen LogP contribution is -2.41. The molecule has 7 nitrogen and oxygen atoms in total. The minimum Gasteiger partial charge on any atom is -0.461 e. The van der Waals surface area contributed by atoms with Gasteiger partial charge in [-0.1, -0.05) is 45.0 Å². The number of ether oxygens (including phenoxy) is 2. The molecule has 2 aromatic heterocycles. The summed E-state index contributed by atoms with van der Waals surface area (Å²) in [7, 11) is -0.0742. The summed E-state index contributed by atoms with van der Waals surface area (Å²) in [6, 6.07) is 11.4. The Morgan fingerprint density at radius 2 is 1.81 bits per heavy atom. The predicted molar refractivity (Wildman–Crippen MR) is 170 cm³/mol. The second kappa shape index (κ2) is 12.0. The molecule has 2 aromatic carbocycles. The zero-order valence-electron chi connectivity index (χ0n) is 26.8. The molecule has 0 spiro atoms. The van der Waals surface area contributed by atoms with Crippen molar-refractivity contribution in [3.8, 4) is 11.1 Å². The fraction of sp³-hybridized carbons (Fsp3) is 0.471. The molecule has 5 rings (SSSR count). The maximum absolute atomic E-state index is 16.2. The average Bonchev–Trinajstić information content (AvgIpc) is 3.38. The summed E-state index contributed by atoms with van der Waals surface area (Å²) < 4.78 is 38.2. The zero-order chi connectivity index (χ0) is 31.1. The Morgan fingerprint density at radius 3 is 2.51 bits per heavy atom. The number of carbonyl (C=O) groups excluding carboxylic acids is 1. The number of aryl methyl sites for hydroxylation is 3. The summed E-state index contributed by atoms with van der Waals surface area (Å²) in [5.41, 5.74) is 6.68. The first kappa shape index (κ1) is 31.2. The first-order valence-electron chi connectivity index (χ1n) is 15.2. The van der Waals surface area contributed by atoms with E-state index in [1.807, 2.05) is 55.8 Å². The largest absolute Gasteiger partial charge is 0.461 e. The van der Waals surface area contributed by atoms with Gasteiger partial charge in [0.25, 0.3) is 0 Å². The molecule has 0 N–H and O–H groups in total. The van der Waals surface area contributed by atoms with Crippen LogP contribution in [0.2, 0.25) is 18.1 Å². The Bertz CT molecular complexity index is 1660. The van der Waals surface area contributed by atoms with Crippen molar-refractivity contribution in [2.75, 3.05) is 13.2 Å². The molecular weight excluding hydrogens is 561 g/mol. The van der Waals surface area contributed by atoms with Crippen LogP contribution in [0.25, 0.3) is 22.0 Å². The molecular formula is C34H44FN3O4Si. The number of nitrogens with zero attached hydrogens (tertiary/aromatic N) is 3. The smallest absolute Gasteiger partial charge is 0.355 e. The molecule has 0 fully saturated rings. The number of carbonyl (C=O) groups is 1. The number of esters is 1. The van der Waals surface area contributed by atoms with Crippen molar-refractivity contribution in [1.82, 2.24) is 14.3 Å². The molecule has 0 atom stereocenters. The van der Waals surface area contributed by atoms with Crippen LogP contribution in [-0.4, -0.2) is 41.8 Å². The SMILES string of the molecule is CCOC(=O)c1c(CCCO[Si](C)(C)C(C)(C)C)c2ccc(F)c3c2n1Cc1ccccc1COCc1c-3c(C)nn1C. The molecule has 0 unspecified atom stereocenters. The van der Waals surface area contributed by atoms with Gasteiger partial charge in [-0.2, -0.15) is 5.10 Å². The Labute approximate surface area is 255 Å². The Balaban J connectivity index is 1.75. The van der Waals surface area contributed by atoms with Crippen molar-refractivity contribution in [3.05, 3.63) is 76.0 Å². The molecule has 0 radical (unpaired) electrons. The van der Waals surface area contributed by atoms with Gasteiger partial charge in [0.2, 0.25) is 0 Å². The second-order valence-corrected chi connectivity index (χ2v) is 17.8. The van der Waals surface area contributed by atoms with E-state index >= 15 is 4.39 Å². The topological polar surface area (TPSA) is 67.5 Å². The van der Waals surface area contributed by atoms with Crippen LogP contribution in [0, 0.1) is 12.7 Å². The lowest BCUT2D eigenvalue weighted by atomic mass is 9.97. The standard InChI is InChI=1S/C34H44FN3O4Si/c1-9-41-33(39)32-25(15-12-18-42-43(7,8)34(3,4)5)26-16-17-27(35)30-29-22(2)36-37(6)28(29)21-40-20-24-14-11-10-13-23(24)19-38(32)31(26)30/h10-11,13-14,16-17H,9,12,15,18-21H2,1-8H3. The molecule has 0 aliphatic carbocycles. The average molecular weight is 606 g/mol. The minimum atomic E-state index is -1.93. The molecule has 4 aromatic rings. The molecule has 230 valence electrons. The quantitative estimate of drug-likeness (QED) is 0.123. The van der Waals surface area contributed by atoms with Gasteiger partial charge in [0.1, 0.15) is 11.5 Å². The number of rotatable bonds is 7. The van der Waals surface area contributed by atoms with E-state index in [4.69, 9.17) is 13.9 Å². The lowest BCUT2D eigenvalue weighted by Gasteiger charge is -2.36. The van der Waals surface area contributed by atoms with Gasteiger partial charge < -0.3 is 18.5 Å². The third-order valence-electron chi connectivity index (χ3n) is 9.12. The number of aromatic nitrogens is 3. The van der Waals surface area contributed by atoms with Gasteiger partial charge in [-0.25, -0.2) is 9.18 Å². The van der Waals surface area contributed by atoms with Gasteiger partial charge in [-0.3, -0.25) is 4.68 Å². The fourth-order valence-electron chi connectivity index (χ4n) is 5.84. The molecule has 1 aliphatic heterocycles. The van der Waals surface area contributed by atoms with E-state index in [0.29, 0.717) is 54.2 Å². The van der Waals surface area contributed by atoms with Crippen LogP contribution in [0.3, 0.4) is 0 Å². The van der Waals surface area contributed by atoms with E-state index in [2.05, 4.69) is 39.0 Å². The molecule has 43 heavy (non-hydrogen) atoms. The number of hydrogen-bond donors (Lipinski definition) is 0. The summed E-state index contributed by atoms with van der Waals surface area (Å²) in [6.45, 7) is 16.8. The van der Waals surface area contributed by atoms with Crippen LogP contribution in [0.5, 0.6) is 0 Å². The third-order valence-corrected chi connectivity index (χ3v) is 13.7. The third kappa shape index (κ3) is 5.82. The summed E-state index contributed by atoms with van der Waals surface area (Å²) in [6.07, 6.45) is 1.33. The summed E-state index contributed by atoms with van der Waals surface area (Å²) in [4.78, 5) is 13.8. The molecule has 0 saturated carbocycles. The first-order chi connectivity index (χ1) is 20.4. The highest BCUT2D eigenvalue weighted by molar-refractivity contribution is 6.74. The maximum atomic E-state index is 16.2. The molecule has 0 saturated heterocycles. The molecule has 9 heteroatoms. The highest BCUT2D eigenvalue weighted by Gasteiger charge is 2.37. The van der Waals surface area contributed by atoms with E-state index in [1.54, 1.807) is 4.68 Å². The lowest BCUT2D eigenvalue weighted by molar-refractivity contribution is 0.0513. The van der Waals surface area contributed by atoms with Gasteiger partial charge in [0, 0.05) is 36.7 Å². The molecule has 0 bridgehead atoms. The normalized spacial score (nSPS) is 13.9. The molecule has 0 amide bonds. The van der Waals surface area contributed by atoms with E-state index in [9.17, 15) is 4.79 Å². The number of halogens is 1. The van der Waals surface area contributed by atoms with Crippen molar-refractivity contribution in [2.24, 2.45) is 7.05 Å². The highest BCUT2D eigenvalue weighted by atomic mass is 28.4. The van der Waals surface area contributed by atoms with Crippen molar-refractivity contribution < 1.29 is 23.1 Å². The van der Waals surface area contributed by atoms with Crippen LogP contribution < -0.4 is 0 Å². The van der Waals surface area contributed by atoms with E-state index in [0.717, 1.165) is 34.2 Å².